The highest BCUT2D eigenvalue weighted by Crippen LogP contribution is 2.34. The van der Waals surface area contributed by atoms with E-state index in [4.69, 9.17) is 14.7 Å². The molecule has 142 valence electrons. The number of likely N-dealkylation sites (N-methyl/N-ethyl adjacent to an activating group) is 1. The van der Waals surface area contributed by atoms with Gasteiger partial charge in [-0.05, 0) is 32.1 Å². The summed E-state index contributed by atoms with van der Waals surface area (Å²) in [5.74, 6) is 1.31. The lowest BCUT2D eigenvalue weighted by atomic mass is 10.0. The maximum atomic E-state index is 5.52. The molecule has 2 saturated heterocycles. The van der Waals surface area contributed by atoms with E-state index in [2.05, 4.69) is 57.5 Å². The number of para-hydroxylation sites is 1. The van der Waals surface area contributed by atoms with E-state index in [9.17, 15) is 0 Å². The van der Waals surface area contributed by atoms with E-state index >= 15 is 0 Å². The minimum atomic E-state index is 0.465. The molecule has 2 aliphatic rings. The smallest absolute Gasteiger partial charge is 0.227 e. The van der Waals surface area contributed by atoms with Gasteiger partial charge in [-0.2, -0.15) is 4.98 Å². The summed E-state index contributed by atoms with van der Waals surface area (Å²) in [6, 6.07) is 10.4. The Morgan fingerprint density at radius 3 is 2.48 bits per heavy atom. The Morgan fingerprint density at radius 2 is 1.78 bits per heavy atom. The van der Waals surface area contributed by atoms with Crippen LogP contribution in [0.4, 0.5) is 5.95 Å². The van der Waals surface area contributed by atoms with Crippen LogP contribution in [0.1, 0.15) is 18.0 Å². The van der Waals surface area contributed by atoms with Gasteiger partial charge < -0.3 is 14.5 Å². The first-order valence-corrected chi connectivity index (χ1v) is 9.74. The molecule has 4 heterocycles. The first-order chi connectivity index (χ1) is 13.2. The Bertz CT molecular complexity index is 940. The van der Waals surface area contributed by atoms with Crippen LogP contribution in [-0.2, 0) is 11.8 Å². The molecule has 0 N–H and O–H groups in total. The van der Waals surface area contributed by atoms with Crippen LogP contribution in [0.2, 0.25) is 0 Å². The maximum Gasteiger partial charge on any atom is 0.227 e. The third kappa shape index (κ3) is 2.82. The van der Waals surface area contributed by atoms with Gasteiger partial charge in [0.25, 0.3) is 0 Å². The highest BCUT2D eigenvalue weighted by molar-refractivity contribution is 5.80. The van der Waals surface area contributed by atoms with Crippen molar-refractivity contribution >= 4 is 17.1 Å². The molecule has 1 unspecified atom stereocenters. The molecule has 2 aliphatic heterocycles. The van der Waals surface area contributed by atoms with Crippen LogP contribution >= 0.6 is 0 Å². The summed E-state index contributed by atoms with van der Waals surface area (Å²) < 4.78 is 9.90. The van der Waals surface area contributed by atoms with Crippen molar-refractivity contribution < 1.29 is 4.74 Å². The SMILES string of the molecule is CN1CCC(c2nc(N3CCOCC3)nc3c2n(C)n3-c2ccccc2)C1. The summed E-state index contributed by atoms with van der Waals surface area (Å²) >= 11 is 0. The van der Waals surface area contributed by atoms with Crippen molar-refractivity contribution in [1.82, 2.24) is 24.2 Å². The van der Waals surface area contributed by atoms with Crippen molar-refractivity contribution in [3.8, 4) is 5.69 Å². The van der Waals surface area contributed by atoms with Gasteiger partial charge in [0.2, 0.25) is 5.95 Å². The largest absolute Gasteiger partial charge is 0.378 e. The summed E-state index contributed by atoms with van der Waals surface area (Å²) in [5.41, 5.74) is 4.52. The standard InChI is InChI=1S/C20H26N6O/c1-23-9-8-15(14-23)17-18-19(22-20(21-17)25-10-12-27-13-11-25)26(24(18)2)16-6-4-3-5-7-16/h3-7,15H,8-14H2,1-2H3. The third-order valence-electron chi connectivity index (χ3n) is 5.78. The van der Waals surface area contributed by atoms with Crippen LogP contribution in [0.5, 0.6) is 0 Å². The molecular weight excluding hydrogens is 340 g/mol. The van der Waals surface area contributed by atoms with E-state index in [-0.39, 0.29) is 0 Å². The maximum absolute atomic E-state index is 5.52. The molecule has 0 spiro atoms. The van der Waals surface area contributed by atoms with Gasteiger partial charge in [-0.3, -0.25) is 4.68 Å². The van der Waals surface area contributed by atoms with Crippen molar-refractivity contribution in [3.05, 3.63) is 36.0 Å². The number of hydrogen-bond donors (Lipinski definition) is 0. The normalized spacial score (nSPS) is 21.4. The molecular formula is C20H26N6O. The van der Waals surface area contributed by atoms with Gasteiger partial charge in [0.05, 0.1) is 24.6 Å². The molecule has 0 radical (unpaired) electrons. The molecule has 3 aromatic rings. The summed E-state index contributed by atoms with van der Waals surface area (Å²) in [4.78, 5) is 14.7. The quantitative estimate of drug-likeness (QED) is 0.710. The zero-order valence-corrected chi connectivity index (χ0v) is 16.0. The van der Waals surface area contributed by atoms with Crippen molar-refractivity contribution in [3.63, 3.8) is 0 Å². The number of rotatable bonds is 3. The highest BCUT2D eigenvalue weighted by Gasteiger charge is 2.30. The first-order valence-electron chi connectivity index (χ1n) is 9.74. The average molecular weight is 366 g/mol. The number of nitrogens with zero attached hydrogens (tertiary/aromatic N) is 6. The van der Waals surface area contributed by atoms with Crippen molar-refractivity contribution in [2.24, 2.45) is 7.05 Å². The molecule has 0 bridgehead atoms. The second-order valence-corrected chi connectivity index (χ2v) is 7.60. The second kappa shape index (κ2) is 6.65. The molecule has 7 nitrogen and oxygen atoms in total. The number of ether oxygens (including phenoxy) is 1. The molecule has 1 atom stereocenters. The number of benzene rings is 1. The lowest BCUT2D eigenvalue weighted by Gasteiger charge is -2.31. The number of morpholine rings is 1. The number of likely N-dealkylation sites (tertiary alicyclic amines) is 1. The van der Waals surface area contributed by atoms with E-state index in [1.54, 1.807) is 0 Å². The minimum Gasteiger partial charge on any atom is -0.378 e. The predicted octanol–water partition coefficient (Wildman–Crippen LogP) is 2.01. The van der Waals surface area contributed by atoms with E-state index < -0.39 is 0 Å². The molecule has 0 saturated carbocycles. The topological polar surface area (TPSA) is 51.4 Å². The zero-order chi connectivity index (χ0) is 18.4. The Labute approximate surface area is 159 Å². The number of fused-ring (bicyclic) bond motifs is 1. The molecule has 1 aromatic carbocycles. The van der Waals surface area contributed by atoms with E-state index in [1.807, 2.05) is 6.07 Å². The third-order valence-corrected chi connectivity index (χ3v) is 5.78. The molecule has 2 fully saturated rings. The Balaban J connectivity index is 1.65. The lowest BCUT2D eigenvalue weighted by Crippen LogP contribution is -2.38. The van der Waals surface area contributed by atoms with Crippen LogP contribution in [0, 0.1) is 0 Å². The predicted molar refractivity (Wildman–Crippen MR) is 106 cm³/mol. The number of aromatic nitrogens is 4. The van der Waals surface area contributed by atoms with Crippen LogP contribution in [-0.4, -0.2) is 70.7 Å². The summed E-state index contributed by atoms with van der Waals surface area (Å²) in [5, 5.41) is 0. The Hall–Kier alpha value is -2.38. The second-order valence-electron chi connectivity index (χ2n) is 7.60. The average Bonchev–Trinajstić information content (AvgIpc) is 3.14. The summed E-state index contributed by atoms with van der Waals surface area (Å²) in [6.07, 6.45) is 1.15. The van der Waals surface area contributed by atoms with Gasteiger partial charge in [0.1, 0.15) is 5.52 Å². The molecule has 0 aliphatic carbocycles. The number of hydrogen-bond acceptors (Lipinski definition) is 5. The first kappa shape index (κ1) is 16.8. The molecule has 0 amide bonds. The van der Waals surface area contributed by atoms with Crippen molar-refractivity contribution in [2.75, 3.05) is 51.3 Å². The number of aryl methyl sites for hydroxylation is 1. The van der Waals surface area contributed by atoms with Gasteiger partial charge in [0.15, 0.2) is 5.65 Å². The van der Waals surface area contributed by atoms with Gasteiger partial charge >= 0.3 is 0 Å². The van der Waals surface area contributed by atoms with Crippen LogP contribution < -0.4 is 4.90 Å². The van der Waals surface area contributed by atoms with Gasteiger partial charge in [-0.25, -0.2) is 9.67 Å². The van der Waals surface area contributed by atoms with Gasteiger partial charge in [0, 0.05) is 32.6 Å². The fourth-order valence-electron chi connectivity index (χ4n) is 4.32. The van der Waals surface area contributed by atoms with Gasteiger partial charge in [-0.1, -0.05) is 18.2 Å². The number of anilines is 1. The fraction of sp³-hybridized carbons (Fsp3) is 0.500. The van der Waals surface area contributed by atoms with E-state index in [1.165, 1.54) is 11.2 Å². The Morgan fingerprint density at radius 1 is 1.00 bits per heavy atom. The monoisotopic (exact) mass is 366 g/mol. The highest BCUT2D eigenvalue weighted by atomic mass is 16.5. The molecule has 5 rings (SSSR count). The molecule has 2 aromatic heterocycles. The van der Waals surface area contributed by atoms with E-state index in [0.29, 0.717) is 5.92 Å². The molecule has 27 heavy (non-hydrogen) atoms. The van der Waals surface area contributed by atoms with E-state index in [0.717, 1.165) is 63.1 Å². The summed E-state index contributed by atoms with van der Waals surface area (Å²) in [6.45, 7) is 5.37. The minimum absolute atomic E-state index is 0.465. The van der Waals surface area contributed by atoms with Crippen LogP contribution in [0.15, 0.2) is 30.3 Å². The fourth-order valence-corrected chi connectivity index (χ4v) is 4.32. The lowest BCUT2D eigenvalue weighted by molar-refractivity contribution is 0.122. The van der Waals surface area contributed by atoms with Crippen molar-refractivity contribution in [1.29, 1.82) is 0 Å². The van der Waals surface area contributed by atoms with Crippen LogP contribution in [0.25, 0.3) is 16.9 Å². The van der Waals surface area contributed by atoms with Crippen molar-refractivity contribution in [2.45, 2.75) is 12.3 Å². The molecule has 7 heteroatoms. The van der Waals surface area contributed by atoms with Gasteiger partial charge in [-0.15, -0.1) is 0 Å². The van der Waals surface area contributed by atoms with Crippen LogP contribution in [0.3, 0.4) is 0 Å². The zero-order valence-electron chi connectivity index (χ0n) is 16.0. The summed E-state index contributed by atoms with van der Waals surface area (Å²) in [7, 11) is 4.30. The Kier molecular flexibility index (Phi) is 4.13.